The van der Waals surface area contributed by atoms with Gasteiger partial charge in [0.2, 0.25) is 0 Å². The quantitative estimate of drug-likeness (QED) is 0.467. The van der Waals surface area contributed by atoms with Gasteiger partial charge in [-0.2, -0.15) is 0 Å². The highest BCUT2D eigenvalue weighted by molar-refractivity contribution is 5.89. The van der Waals surface area contributed by atoms with E-state index in [1.807, 2.05) is 38.2 Å². The van der Waals surface area contributed by atoms with Crippen molar-refractivity contribution in [3.63, 3.8) is 0 Å². The number of urea groups is 1. The zero-order valence-electron chi connectivity index (χ0n) is 17.7. The van der Waals surface area contributed by atoms with Gasteiger partial charge < -0.3 is 25.2 Å². The molecule has 3 atom stereocenters. The smallest absolute Gasteiger partial charge is 0.319 e. The van der Waals surface area contributed by atoms with Crippen molar-refractivity contribution in [2.45, 2.75) is 58.0 Å². The summed E-state index contributed by atoms with van der Waals surface area (Å²) in [5.74, 6) is 0. The van der Waals surface area contributed by atoms with Crippen LogP contribution in [0, 0.1) is 0 Å². The lowest BCUT2D eigenvalue weighted by Gasteiger charge is -2.28. The molecule has 1 saturated heterocycles. The molecule has 0 bridgehead atoms. The second-order valence-electron chi connectivity index (χ2n) is 8.42. The highest BCUT2D eigenvalue weighted by Gasteiger charge is 2.29. The number of aliphatic hydroxyl groups is 1. The first-order chi connectivity index (χ1) is 13.2. The van der Waals surface area contributed by atoms with Crippen molar-refractivity contribution < 1.29 is 19.4 Å². The van der Waals surface area contributed by atoms with Crippen molar-refractivity contribution in [3.05, 3.63) is 29.8 Å². The standard InChI is InChI=1S/C21H35N3O4/c1-15(28-19-14-27-13-18(19)25)24(5)12-6-11-22-20(26)23-17-9-7-16(8-10-17)21(2,3)4/h7-10,15,18-19,25H,6,11-14H2,1-5H3,(H2,22,23,26)/t15?,18-,19+/m0/s1. The van der Waals surface area contributed by atoms with Crippen molar-refractivity contribution >= 4 is 11.7 Å². The molecule has 2 amide bonds. The van der Waals surface area contributed by atoms with Gasteiger partial charge in [0, 0.05) is 18.8 Å². The van der Waals surface area contributed by atoms with Crippen molar-refractivity contribution in [2.75, 3.05) is 38.7 Å². The van der Waals surface area contributed by atoms with Crippen LogP contribution in [0.1, 0.15) is 39.7 Å². The van der Waals surface area contributed by atoms with Gasteiger partial charge in [-0.1, -0.05) is 32.9 Å². The SMILES string of the molecule is CC(O[C@@H]1COC[C@@H]1O)N(C)CCCNC(=O)Nc1ccc(C(C)(C)C)cc1. The van der Waals surface area contributed by atoms with Crippen molar-refractivity contribution in [2.24, 2.45) is 0 Å². The average molecular weight is 394 g/mol. The highest BCUT2D eigenvalue weighted by Crippen LogP contribution is 2.23. The molecule has 0 spiro atoms. The van der Waals surface area contributed by atoms with E-state index in [1.54, 1.807) is 0 Å². The van der Waals surface area contributed by atoms with Crippen LogP contribution in [0.15, 0.2) is 24.3 Å². The van der Waals surface area contributed by atoms with Gasteiger partial charge in [-0.05, 0) is 43.5 Å². The number of aliphatic hydroxyl groups excluding tert-OH is 1. The van der Waals surface area contributed by atoms with Gasteiger partial charge in [-0.15, -0.1) is 0 Å². The van der Waals surface area contributed by atoms with E-state index in [1.165, 1.54) is 5.56 Å². The molecule has 3 N–H and O–H groups in total. The molecule has 7 nitrogen and oxygen atoms in total. The summed E-state index contributed by atoms with van der Waals surface area (Å²) in [7, 11) is 1.96. The van der Waals surface area contributed by atoms with Gasteiger partial charge in [0.15, 0.2) is 0 Å². The number of rotatable bonds is 8. The fourth-order valence-corrected chi connectivity index (χ4v) is 2.95. The Morgan fingerprint density at radius 2 is 2.00 bits per heavy atom. The number of carbonyl (C=O) groups excluding carboxylic acids is 1. The summed E-state index contributed by atoms with van der Waals surface area (Å²) in [6.45, 7) is 10.5. The topological polar surface area (TPSA) is 83.1 Å². The fourth-order valence-electron chi connectivity index (χ4n) is 2.95. The molecule has 1 aromatic carbocycles. The van der Waals surface area contributed by atoms with Crippen LogP contribution in [0.5, 0.6) is 0 Å². The van der Waals surface area contributed by atoms with E-state index in [0.29, 0.717) is 19.8 Å². The van der Waals surface area contributed by atoms with Crippen LogP contribution in [0.25, 0.3) is 0 Å². The zero-order chi connectivity index (χ0) is 20.7. The average Bonchev–Trinajstić information content (AvgIpc) is 3.03. The number of benzene rings is 1. The predicted molar refractivity (Wildman–Crippen MR) is 111 cm³/mol. The first-order valence-corrected chi connectivity index (χ1v) is 9.93. The molecule has 0 saturated carbocycles. The van der Waals surface area contributed by atoms with Crippen molar-refractivity contribution in [3.8, 4) is 0 Å². The summed E-state index contributed by atoms with van der Waals surface area (Å²) in [6.07, 6.45) is -0.161. The molecule has 1 aromatic rings. The lowest BCUT2D eigenvalue weighted by atomic mass is 9.87. The van der Waals surface area contributed by atoms with E-state index in [2.05, 4.69) is 36.3 Å². The lowest BCUT2D eigenvalue weighted by Crippen LogP contribution is -2.40. The van der Waals surface area contributed by atoms with Gasteiger partial charge >= 0.3 is 6.03 Å². The summed E-state index contributed by atoms with van der Waals surface area (Å²) < 4.78 is 11.0. The lowest BCUT2D eigenvalue weighted by molar-refractivity contribution is -0.106. The molecular weight excluding hydrogens is 358 g/mol. The Bertz CT molecular complexity index is 615. The van der Waals surface area contributed by atoms with E-state index in [4.69, 9.17) is 9.47 Å². The number of ether oxygens (including phenoxy) is 2. The number of nitrogens with one attached hydrogen (secondary N) is 2. The maximum atomic E-state index is 12.0. The summed E-state index contributed by atoms with van der Waals surface area (Å²) in [4.78, 5) is 14.1. The summed E-state index contributed by atoms with van der Waals surface area (Å²) in [5.41, 5.74) is 2.10. The maximum Gasteiger partial charge on any atom is 0.319 e. The van der Waals surface area contributed by atoms with Crippen molar-refractivity contribution in [1.29, 1.82) is 0 Å². The van der Waals surface area contributed by atoms with E-state index in [0.717, 1.165) is 18.7 Å². The molecule has 1 fully saturated rings. The molecule has 2 rings (SSSR count). The molecule has 7 heteroatoms. The van der Waals surface area contributed by atoms with Gasteiger partial charge in [0.05, 0.1) is 13.2 Å². The number of anilines is 1. The summed E-state index contributed by atoms with van der Waals surface area (Å²) in [5, 5.41) is 15.5. The molecule has 1 heterocycles. The molecule has 0 aromatic heterocycles. The third-order valence-corrected chi connectivity index (χ3v) is 4.97. The third kappa shape index (κ3) is 7.05. The van der Waals surface area contributed by atoms with Gasteiger partial charge in [-0.25, -0.2) is 4.79 Å². The van der Waals surface area contributed by atoms with Gasteiger partial charge in [0.1, 0.15) is 18.4 Å². The molecular formula is C21H35N3O4. The molecule has 0 radical (unpaired) electrons. The Morgan fingerprint density at radius 1 is 1.32 bits per heavy atom. The predicted octanol–water partition coefficient (Wildman–Crippen LogP) is 2.55. The molecule has 1 aliphatic rings. The van der Waals surface area contributed by atoms with Crippen LogP contribution < -0.4 is 10.6 Å². The van der Waals surface area contributed by atoms with Crippen LogP contribution >= 0.6 is 0 Å². The van der Waals surface area contributed by atoms with Crippen LogP contribution in [0.3, 0.4) is 0 Å². The molecule has 158 valence electrons. The fraction of sp³-hybridized carbons (Fsp3) is 0.667. The summed E-state index contributed by atoms with van der Waals surface area (Å²) >= 11 is 0. The molecule has 1 aliphatic heterocycles. The third-order valence-electron chi connectivity index (χ3n) is 4.97. The minimum absolute atomic E-state index is 0.0938. The largest absolute Gasteiger partial charge is 0.388 e. The number of hydrogen-bond acceptors (Lipinski definition) is 5. The van der Waals surface area contributed by atoms with Gasteiger partial charge in [0.25, 0.3) is 0 Å². The van der Waals surface area contributed by atoms with E-state index < -0.39 is 6.10 Å². The molecule has 0 aliphatic carbocycles. The second-order valence-corrected chi connectivity index (χ2v) is 8.42. The van der Waals surface area contributed by atoms with E-state index in [9.17, 15) is 9.90 Å². The summed E-state index contributed by atoms with van der Waals surface area (Å²) in [6, 6.07) is 7.72. The Kier molecular flexibility index (Phi) is 8.24. The molecule has 28 heavy (non-hydrogen) atoms. The number of amides is 2. The number of carbonyl (C=O) groups is 1. The Labute approximate surface area is 168 Å². The second kappa shape index (κ2) is 10.2. The van der Waals surface area contributed by atoms with Crippen LogP contribution in [-0.2, 0) is 14.9 Å². The Balaban J connectivity index is 1.63. The van der Waals surface area contributed by atoms with Crippen LogP contribution in [-0.4, -0.2) is 67.8 Å². The maximum absolute atomic E-state index is 12.0. The number of hydrogen-bond donors (Lipinski definition) is 3. The van der Waals surface area contributed by atoms with Crippen LogP contribution in [0.2, 0.25) is 0 Å². The van der Waals surface area contributed by atoms with Crippen LogP contribution in [0.4, 0.5) is 10.5 Å². The highest BCUT2D eigenvalue weighted by atomic mass is 16.6. The Morgan fingerprint density at radius 3 is 2.57 bits per heavy atom. The normalized spacial score (nSPS) is 21.0. The minimum Gasteiger partial charge on any atom is -0.388 e. The van der Waals surface area contributed by atoms with Gasteiger partial charge in [-0.3, -0.25) is 4.90 Å². The Hall–Kier alpha value is -1.67. The van der Waals surface area contributed by atoms with E-state index in [-0.39, 0.29) is 23.8 Å². The minimum atomic E-state index is -0.557. The van der Waals surface area contributed by atoms with E-state index >= 15 is 0 Å². The van der Waals surface area contributed by atoms with Crippen molar-refractivity contribution in [1.82, 2.24) is 10.2 Å². The molecule has 1 unspecified atom stereocenters. The monoisotopic (exact) mass is 393 g/mol. The first kappa shape index (κ1) is 22.6. The number of nitrogens with zero attached hydrogens (tertiary/aromatic N) is 1. The zero-order valence-corrected chi connectivity index (χ0v) is 17.7. The first-order valence-electron chi connectivity index (χ1n) is 9.93.